The number of hydrogen-bond donors (Lipinski definition) is 0. The van der Waals surface area contributed by atoms with Crippen LogP contribution in [0.15, 0.2) is 60.7 Å². The molecular weight excluding hydrogens is 526 g/mol. The molecule has 0 saturated heterocycles. The fourth-order valence-electron chi connectivity index (χ4n) is 2.91. The number of rotatable bonds is 9. The summed E-state index contributed by atoms with van der Waals surface area (Å²) in [6, 6.07) is 19.9. The van der Waals surface area contributed by atoms with E-state index in [0.717, 1.165) is 31.2 Å². The molecule has 0 saturated carbocycles. The molecule has 24 heavy (non-hydrogen) atoms. The molecule has 0 radical (unpaired) electrons. The third-order valence-corrected chi connectivity index (χ3v) is 6.14. The van der Waals surface area contributed by atoms with Gasteiger partial charge in [0.2, 0.25) is 7.58 Å². The third kappa shape index (κ3) is 4.88. The summed E-state index contributed by atoms with van der Waals surface area (Å²) in [5.74, 6) is 0. The molecule has 0 amide bonds. The van der Waals surface area contributed by atoms with Crippen molar-refractivity contribution in [2.75, 3.05) is 0 Å². The Morgan fingerprint density at radius 2 is 1.29 bits per heavy atom. The highest BCUT2D eigenvalue weighted by molar-refractivity contribution is 14.1. The quantitative estimate of drug-likeness (QED) is 0.177. The molecule has 0 aliphatic carbocycles. The van der Waals surface area contributed by atoms with Gasteiger partial charge in [-0.1, -0.05) is 73.5 Å². The van der Waals surface area contributed by atoms with Gasteiger partial charge in [-0.25, -0.2) is 0 Å². The highest BCUT2D eigenvalue weighted by Crippen LogP contribution is 2.37. The maximum atomic E-state index is 12.4. The zero-order valence-corrected chi connectivity index (χ0v) is 17.7. The molecule has 0 spiro atoms. The molecule has 0 fully saturated rings. The maximum Gasteiger partial charge on any atom is 0.211 e. The van der Waals surface area contributed by atoms with Crippen LogP contribution in [0.5, 0.6) is 0 Å². The van der Waals surface area contributed by atoms with Crippen LogP contribution in [0.4, 0.5) is 0 Å². The van der Waals surface area contributed by atoms with E-state index in [-0.39, 0.29) is 7.58 Å². The Labute approximate surface area is 170 Å². The third-order valence-electron chi connectivity index (χ3n) is 4.30. The van der Waals surface area contributed by atoms with Gasteiger partial charge in [0, 0.05) is 45.2 Å². The smallest absolute Gasteiger partial charge is 0.211 e. The second-order valence-electron chi connectivity index (χ2n) is 5.87. The van der Waals surface area contributed by atoms with Crippen LogP contribution < -0.4 is 0 Å². The minimum atomic E-state index is -1.00. The van der Waals surface area contributed by atoms with E-state index in [2.05, 4.69) is 24.3 Å². The summed E-state index contributed by atoms with van der Waals surface area (Å²) in [6.45, 7) is 0. The van der Waals surface area contributed by atoms with Crippen molar-refractivity contribution in [3.63, 3.8) is 0 Å². The van der Waals surface area contributed by atoms with Gasteiger partial charge >= 0.3 is 0 Å². The molecule has 0 heterocycles. The van der Waals surface area contributed by atoms with E-state index in [1.165, 1.54) is 5.56 Å². The van der Waals surface area contributed by atoms with Crippen molar-refractivity contribution in [1.29, 1.82) is 0 Å². The van der Waals surface area contributed by atoms with Gasteiger partial charge in [0.25, 0.3) is 0 Å². The molecule has 2 aromatic carbocycles. The van der Waals surface area contributed by atoms with Crippen molar-refractivity contribution in [1.82, 2.24) is 0 Å². The van der Waals surface area contributed by atoms with Gasteiger partial charge in [0.05, 0.1) is 0 Å². The van der Waals surface area contributed by atoms with Gasteiger partial charge < -0.3 is 0 Å². The Morgan fingerprint density at radius 3 is 1.83 bits per heavy atom. The van der Waals surface area contributed by atoms with Crippen molar-refractivity contribution in [3.05, 3.63) is 71.8 Å². The van der Waals surface area contributed by atoms with Crippen LogP contribution in [0, 0.1) is 0 Å². The highest BCUT2D eigenvalue weighted by Gasteiger charge is 2.43. The molecule has 0 aliphatic heterocycles. The molecule has 0 aromatic heterocycles. The zero-order valence-electron chi connectivity index (χ0n) is 13.4. The molecule has 0 N–H and O–H groups in total. The van der Waals surface area contributed by atoms with Gasteiger partial charge in [-0.05, 0) is 30.4 Å². The zero-order chi connectivity index (χ0) is 17.4. The average Bonchev–Trinajstić information content (AvgIpc) is 2.59. The van der Waals surface area contributed by atoms with E-state index in [9.17, 15) is 9.59 Å². The first-order chi connectivity index (χ1) is 11.6. The second-order valence-corrected chi connectivity index (χ2v) is 7.82. The summed E-state index contributed by atoms with van der Waals surface area (Å²) in [6.07, 6.45) is 4.56. The van der Waals surface area contributed by atoms with Crippen LogP contribution in [0.2, 0.25) is 0 Å². The van der Waals surface area contributed by atoms with E-state index >= 15 is 0 Å². The molecule has 0 atom stereocenters. The predicted octanol–water partition coefficient (Wildman–Crippen LogP) is 5.65. The highest BCUT2D eigenvalue weighted by atomic mass is 127. The first kappa shape index (κ1) is 19.6. The Hall–Kier alpha value is -0.760. The lowest BCUT2D eigenvalue weighted by atomic mass is 9.78. The molecule has 126 valence electrons. The lowest BCUT2D eigenvalue weighted by Crippen LogP contribution is -2.38. The summed E-state index contributed by atoms with van der Waals surface area (Å²) in [5, 5.41) is 0. The van der Waals surface area contributed by atoms with E-state index in [1.807, 2.05) is 36.4 Å². The Bertz CT molecular complexity index is 655. The van der Waals surface area contributed by atoms with Gasteiger partial charge in [-0.15, -0.1) is 0 Å². The number of aryl methyl sites for hydroxylation is 1. The van der Waals surface area contributed by atoms with Gasteiger partial charge in [-0.2, -0.15) is 0 Å². The number of benzene rings is 2. The van der Waals surface area contributed by atoms with Crippen molar-refractivity contribution in [2.24, 2.45) is 0 Å². The van der Waals surface area contributed by atoms with E-state index < -0.39 is 5.41 Å². The second kappa shape index (κ2) is 9.65. The van der Waals surface area contributed by atoms with Crippen LogP contribution in [-0.2, 0) is 21.4 Å². The molecule has 0 bridgehead atoms. The molecule has 2 aromatic rings. The monoisotopic (exact) mass is 546 g/mol. The standard InChI is InChI=1S/C20H20I2O2/c21-18(23)20(19(22)24,17-13-7-2-8-14-17)15-9-3-6-12-16-10-4-1-5-11-16/h1-2,4-5,7-8,10-11,13-14H,3,6,9,12,15H2. The van der Waals surface area contributed by atoms with Crippen molar-refractivity contribution in [2.45, 2.75) is 37.5 Å². The van der Waals surface area contributed by atoms with Crippen LogP contribution >= 0.6 is 45.2 Å². The lowest BCUT2D eigenvalue weighted by Gasteiger charge is -2.27. The van der Waals surface area contributed by atoms with Crippen molar-refractivity contribution in [3.8, 4) is 0 Å². The number of carbonyl (C=O) groups is 2. The molecular formula is C20H20I2O2. The Balaban J connectivity index is 1.99. The molecule has 2 nitrogen and oxygen atoms in total. The van der Waals surface area contributed by atoms with Crippen molar-refractivity contribution < 1.29 is 9.59 Å². The van der Waals surface area contributed by atoms with Gasteiger partial charge in [0.15, 0.2) is 0 Å². The Morgan fingerprint density at radius 1 is 0.750 bits per heavy atom. The fraction of sp³-hybridized carbons (Fsp3) is 0.300. The van der Waals surface area contributed by atoms with E-state index in [4.69, 9.17) is 0 Å². The number of hydrogen-bond acceptors (Lipinski definition) is 2. The van der Waals surface area contributed by atoms with Crippen LogP contribution in [0.1, 0.15) is 36.8 Å². The largest absolute Gasteiger partial charge is 0.286 e. The summed E-state index contributed by atoms with van der Waals surface area (Å²) >= 11 is 3.56. The van der Waals surface area contributed by atoms with Crippen LogP contribution in [0.3, 0.4) is 0 Å². The number of halogens is 2. The first-order valence-corrected chi connectivity index (χ1v) is 10.2. The summed E-state index contributed by atoms with van der Waals surface area (Å²) < 4.78 is -0.178. The normalized spacial score (nSPS) is 11.2. The number of carbonyl (C=O) groups excluding carboxylic acids is 2. The fourth-order valence-corrected chi connectivity index (χ4v) is 5.08. The van der Waals surface area contributed by atoms with E-state index in [1.54, 1.807) is 45.2 Å². The van der Waals surface area contributed by atoms with Crippen molar-refractivity contribution >= 4 is 52.8 Å². The molecule has 0 aliphatic rings. The molecule has 0 unspecified atom stereocenters. The average molecular weight is 546 g/mol. The SMILES string of the molecule is O=C(I)C(CCCCCc1ccccc1)(C(=O)I)c1ccccc1. The first-order valence-electron chi connectivity index (χ1n) is 8.06. The van der Waals surface area contributed by atoms with Gasteiger partial charge in [-0.3, -0.25) is 9.59 Å². The minimum Gasteiger partial charge on any atom is -0.286 e. The summed E-state index contributed by atoms with van der Waals surface area (Å²) in [5.41, 5.74) is 1.14. The van der Waals surface area contributed by atoms with Crippen LogP contribution in [-0.4, -0.2) is 7.58 Å². The summed E-state index contributed by atoms with van der Waals surface area (Å²) in [4.78, 5) is 24.7. The van der Waals surface area contributed by atoms with Crippen LogP contribution in [0.25, 0.3) is 0 Å². The maximum absolute atomic E-state index is 12.4. The lowest BCUT2D eigenvalue weighted by molar-refractivity contribution is -0.123. The molecule has 4 heteroatoms. The topological polar surface area (TPSA) is 34.1 Å². The number of unbranched alkanes of at least 4 members (excludes halogenated alkanes) is 2. The minimum absolute atomic E-state index is 0.0891. The molecule has 2 rings (SSSR count). The van der Waals surface area contributed by atoms with E-state index in [0.29, 0.717) is 6.42 Å². The predicted molar refractivity (Wildman–Crippen MR) is 115 cm³/mol. The summed E-state index contributed by atoms with van der Waals surface area (Å²) in [7, 11) is 0. The Kier molecular flexibility index (Phi) is 7.87. The van der Waals surface area contributed by atoms with Gasteiger partial charge in [0.1, 0.15) is 5.41 Å².